The third-order valence-corrected chi connectivity index (χ3v) is 3.91. The Bertz CT molecular complexity index is 266. The standard InChI is InChI=1S/C14H29N3O/c1-14(2)6-4-10-17(11-7-14)12-13(18)16(3)9-5-8-15/h4-12,15H2,1-3H3. The largest absolute Gasteiger partial charge is 0.345 e. The van der Waals surface area contributed by atoms with Gasteiger partial charge in [0.05, 0.1) is 6.54 Å². The first-order chi connectivity index (χ1) is 8.44. The molecule has 0 aliphatic carbocycles. The summed E-state index contributed by atoms with van der Waals surface area (Å²) in [5.74, 6) is 0.225. The molecule has 1 fully saturated rings. The highest BCUT2D eigenvalue weighted by Crippen LogP contribution is 2.29. The molecule has 1 heterocycles. The lowest BCUT2D eigenvalue weighted by Crippen LogP contribution is -2.39. The van der Waals surface area contributed by atoms with Gasteiger partial charge in [0.25, 0.3) is 0 Å². The van der Waals surface area contributed by atoms with Crippen molar-refractivity contribution in [2.24, 2.45) is 11.1 Å². The van der Waals surface area contributed by atoms with Gasteiger partial charge < -0.3 is 10.6 Å². The zero-order valence-electron chi connectivity index (χ0n) is 12.2. The van der Waals surface area contributed by atoms with Crippen LogP contribution in [0, 0.1) is 5.41 Å². The summed E-state index contributed by atoms with van der Waals surface area (Å²) >= 11 is 0. The van der Waals surface area contributed by atoms with Crippen LogP contribution in [-0.4, -0.2) is 55.5 Å². The second-order valence-electron chi connectivity index (χ2n) is 6.25. The number of likely N-dealkylation sites (tertiary alicyclic amines) is 1. The van der Waals surface area contributed by atoms with Crippen molar-refractivity contribution in [2.75, 3.05) is 39.8 Å². The van der Waals surface area contributed by atoms with Crippen LogP contribution in [0.2, 0.25) is 0 Å². The first kappa shape index (κ1) is 15.4. The van der Waals surface area contributed by atoms with Crippen molar-refractivity contribution >= 4 is 5.91 Å². The molecule has 0 saturated carbocycles. The van der Waals surface area contributed by atoms with E-state index in [0.29, 0.717) is 18.5 Å². The molecule has 1 amide bonds. The fraction of sp³-hybridized carbons (Fsp3) is 0.929. The van der Waals surface area contributed by atoms with E-state index in [9.17, 15) is 4.79 Å². The molecule has 18 heavy (non-hydrogen) atoms. The summed E-state index contributed by atoms with van der Waals surface area (Å²) in [7, 11) is 1.87. The monoisotopic (exact) mass is 255 g/mol. The summed E-state index contributed by atoms with van der Waals surface area (Å²) in [6.45, 7) is 8.74. The Morgan fingerprint density at radius 1 is 1.33 bits per heavy atom. The number of hydrogen-bond donors (Lipinski definition) is 1. The van der Waals surface area contributed by atoms with Crippen LogP contribution >= 0.6 is 0 Å². The van der Waals surface area contributed by atoms with Gasteiger partial charge in [0.2, 0.25) is 5.91 Å². The smallest absolute Gasteiger partial charge is 0.236 e. The summed E-state index contributed by atoms with van der Waals surface area (Å²) in [6.07, 6.45) is 4.54. The summed E-state index contributed by atoms with van der Waals surface area (Å²) in [5, 5.41) is 0. The molecular weight excluding hydrogens is 226 g/mol. The van der Waals surface area contributed by atoms with E-state index in [1.54, 1.807) is 0 Å². The molecule has 0 aromatic rings. The Balaban J connectivity index is 2.35. The van der Waals surface area contributed by atoms with Crippen LogP contribution in [0.3, 0.4) is 0 Å². The number of amides is 1. The van der Waals surface area contributed by atoms with E-state index >= 15 is 0 Å². The molecule has 2 N–H and O–H groups in total. The average Bonchev–Trinajstić information content (AvgIpc) is 2.48. The van der Waals surface area contributed by atoms with Gasteiger partial charge >= 0.3 is 0 Å². The minimum Gasteiger partial charge on any atom is -0.345 e. The maximum Gasteiger partial charge on any atom is 0.236 e. The lowest BCUT2D eigenvalue weighted by Gasteiger charge is -2.25. The fourth-order valence-corrected chi connectivity index (χ4v) is 2.40. The second-order valence-corrected chi connectivity index (χ2v) is 6.25. The molecule has 106 valence electrons. The van der Waals surface area contributed by atoms with Gasteiger partial charge in [0.1, 0.15) is 0 Å². The van der Waals surface area contributed by atoms with Crippen LogP contribution < -0.4 is 5.73 Å². The zero-order chi connectivity index (χ0) is 13.6. The number of nitrogens with zero attached hydrogens (tertiary/aromatic N) is 2. The third-order valence-electron chi connectivity index (χ3n) is 3.91. The van der Waals surface area contributed by atoms with Gasteiger partial charge in [-0.1, -0.05) is 13.8 Å². The van der Waals surface area contributed by atoms with Crippen molar-refractivity contribution in [2.45, 2.75) is 39.5 Å². The van der Waals surface area contributed by atoms with Crippen molar-refractivity contribution in [1.29, 1.82) is 0 Å². The van der Waals surface area contributed by atoms with Crippen molar-refractivity contribution in [1.82, 2.24) is 9.80 Å². The molecule has 0 aromatic heterocycles. The van der Waals surface area contributed by atoms with Crippen molar-refractivity contribution in [3.8, 4) is 0 Å². The van der Waals surface area contributed by atoms with Crippen LogP contribution in [0.5, 0.6) is 0 Å². The van der Waals surface area contributed by atoms with E-state index < -0.39 is 0 Å². The quantitative estimate of drug-likeness (QED) is 0.806. The molecule has 4 nitrogen and oxygen atoms in total. The molecule has 0 atom stereocenters. The normalized spacial score (nSPS) is 20.4. The average molecular weight is 255 g/mol. The maximum atomic E-state index is 12.0. The number of carbonyl (C=O) groups is 1. The number of hydrogen-bond acceptors (Lipinski definition) is 3. The zero-order valence-corrected chi connectivity index (χ0v) is 12.2. The van der Waals surface area contributed by atoms with Gasteiger partial charge in [-0.25, -0.2) is 0 Å². The highest BCUT2D eigenvalue weighted by atomic mass is 16.2. The topological polar surface area (TPSA) is 49.6 Å². The minimum absolute atomic E-state index is 0.225. The Morgan fingerprint density at radius 2 is 2.06 bits per heavy atom. The van der Waals surface area contributed by atoms with Gasteiger partial charge in [-0.3, -0.25) is 9.69 Å². The summed E-state index contributed by atoms with van der Waals surface area (Å²) in [6, 6.07) is 0. The molecular formula is C14H29N3O. The number of likely N-dealkylation sites (N-methyl/N-ethyl adjacent to an activating group) is 1. The van der Waals surface area contributed by atoms with Crippen molar-refractivity contribution < 1.29 is 4.79 Å². The van der Waals surface area contributed by atoms with E-state index in [1.807, 2.05) is 11.9 Å². The predicted octanol–water partition coefficient (Wildman–Crippen LogP) is 1.31. The first-order valence-corrected chi connectivity index (χ1v) is 7.11. The maximum absolute atomic E-state index is 12.0. The Kier molecular flexibility index (Phi) is 6.09. The van der Waals surface area contributed by atoms with Gasteiger partial charge in [-0.05, 0) is 50.7 Å². The fourth-order valence-electron chi connectivity index (χ4n) is 2.40. The van der Waals surface area contributed by atoms with Crippen LogP contribution in [0.4, 0.5) is 0 Å². The highest BCUT2D eigenvalue weighted by Gasteiger charge is 2.24. The molecule has 1 saturated heterocycles. The molecule has 1 aliphatic rings. The molecule has 0 unspecified atom stereocenters. The van der Waals surface area contributed by atoms with E-state index in [0.717, 1.165) is 26.1 Å². The SMILES string of the molecule is CN(CCCN)C(=O)CN1CCCC(C)(C)CC1. The number of carbonyl (C=O) groups excluding carboxylic acids is 1. The van der Waals surface area contributed by atoms with E-state index in [4.69, 9.17) is 5.73 Å². The van der Waals surface area contributed by atoms with Crippen LogP contribution in [0.25, 0.3) is 0 Å². The van der Waals surface area contributed by atoms with Crippen molar-refractivity contribution in [3.05, 3.63) is 0 Å². The molecule has 0 radical (unpaired) electrons. The molecule has 0 aromatic carbocycles. The second kappa shape index (κ2) is 7.10. The Hall–Kier alpha value is -0.610. The van der Waals surface area contributed by atoms with Crippen LogP contribution in [0.1, 0.15) is 39.5 Å². The summed E-state index contributed by atoms with van der Waals surface area (Å²) < 4.78 is 0. The third kappa shape index (κ3) is 5.36. The van der Waals surface area contributed by atoms with Gasteiger partial charge in [0, 0.05) is 13.6 Å². The number of rotatable bonds is 5. The molecule has 1 rings (SSSR count). The van der Waals surface area contributed by atoms with Gasteiger partial charge in [-0.15, -0.1) is 0 Å². The molecule has 4 heteroatoms. The van der Waals surface area contributed by atoms with Gasteiger partial charge in [-0.2, -0.15) is 0 Å². The first-order valence-electron chi connectivity index (χ1n) is 7.11. The summed E-state index contributed by atoms with van der Waals surface area (Å²) in [5.41, 5.74) is 5.90. The van der Waals surface area contributed by atoms with Crippen LogP contribution in [0.15, 0.2) is 0 Å². The molecule has 0 spiro atoms. The highest BCUT2D eigenvalue weighted by molar-refractivity contribution is 5.77. The molecule has 1 aliphatic heterocycles. The summed E-state index contributed by atoms with van der Waals surface area (Å²) in [4.78, 5) is 16.1. The predicted molar refractivity (Wildman–Crippen MR) is 75.4 cm³/mol. The van der Waals surface area contributed by atoms with Crippen molar-refractivity contribution in [3.63, 3.8) is 0 Å². The lowest BCUT2D eigenvalue weighted by atomic mass is 9.85. The Labute approximate surface area is 111 Å². The van der Waals surface area contributed by atoms with Gasteiger partial charge in [0.15, 0.2) is 0 Å². The minimum atomic E-state index is 0.225. The van der Waals surface area contributed by atoms with Crippen LogP contribution in [-0.2, 0) is 4.79 Å². The number of nitrogens with two attached hydrogens (primary N) is 1. The van der Waals surface area contributed by atoms with E-state index in [-0.39, 0.29) is 5.91 Å². The van der Waals surface area contributed by atoms with E-state index in [2.05, 4.69) is 18.7 Å². The Morgan fingerprint density at radius 3 is 2.72 bits per heavy atom. The lowest BCUT2D eigenvalue weighted by molar-refractivity contribution is -0.131. The molecule has 0 bridgehead atoms. The van der Waals surface area contributed by atoms with E-state index in [1.165, 1.54) is 19.3 Å².